The van der Waals surface area contributed by atoms with E-state index in [2.05, 4.69) is 61.5 Å². The molecule has 0 aliphatic carbocycles. The third kappa shape index (κ3) is 2.88. The molecule has 0 fully saturated rings. The molecule has 0 atom stereocenters. The maximum absolute atomic E-state index is 2.36. The number of thioether (sulfide) groups is 1. The van der Waals surface area contributed by atoms with Crippen molar-refractivity contribution in [3.05, 3.63) is 42.0 Å². The SMILES string of the molecule is CCN(C)CCc1cccc2cccc(SC)c12. The number of likely N-dealkylation sites (N-methyl/N-ethyl adjacent to an activating group) is 1. The van der Waals surface area contributed by atoms with Crippen molar-refractivity contribution in [3.8, 4) is 0 Å². The molecule has 0 aliphatic heterocycles. The van der Waals surface area contributed by atoms with Crippen molar-refractivity contribution < 1.29 is 0 Å². The monoisotopic (exact) mass is 259 g/mol. The molecule has 0 spiro atoms. The quantitative estimate of drug-likeness (QED) is 0.745. The first kappa shape index (κ1) is 13.4. The summed E-state index contributed by atoms with van der Waals surface area (Å²) in [5.74, 6) is 0. The van der Waals surface area contributed by atoms with Gasteiger partial charge in [0.15, 0.2) is 0 Å². The van der Waals surface area contributed by atoms with E-state index in [1.807, 2.05) is 11.8 Å². The zero-order valence-electron chi connectivity index (χ0n) is 11.4. The average molecular weight is 259 g/mol. The minimum atomic E-state index is 1.11. The molecular formula is C16H21NS. The Labute approximate surface area is 114 Å². The molecule has 2 heteroatoms. The maximum atomic E-state index is 2.36. The summed E-state index contributed by atoms with van der Waals surface area (Å²) in [6.07, 6.45) is 3.28. The smallest absolute Gasteiger partial charge is 0.0150 e. The van der Waals surface area contributed by atoms with Crippen LogP contribution in [0, 0.1) is 0 Å². The van der Waals surface area contributed by atoms with Crippen molar-refractivity contribution in [1.29, 1.82) is 0 Å². The zero-order chi connectivity index (χ0) is 13.0. The van der Waals surface area contributed by atoms with Crippen LogP contribution in [0.25, 0.3) is 10.8 Å². The summed E-state index contributed by atoms with van der Waals surface area (Å²) in [6, 6.07) is 13.2. The minimum absolute atomic E-state index is 1.11. The lowest BCUT2D eigenvalue weighted by Crippen LogP contribution is -2.20. The summed E-state index contributed by atoms with van der Waals surface area (Å²) >= 11 is 1.84. The lowest BCUT2D eigenvalue weighted by Gasteiger charge is -2.15. The van der Waals surface area contributed by atoms with Crippen molar-refractivity contribution in [2.75, 3.05) is 26.4 Å². The number of hydrogen-bond donors (Lipinski definition) is 0. The van der Waals surface area contributed by atoms with Gasteiger partial charge >= 0.3 is 0 Å². The highest BCUT2D eigenvalue weighted by Gasteiger charge is 2.06. The third-order valence-electron chi connectivity index (χ3n) is 3.48. The lowest BCUT2D eigenvalue weighted by atomic mass is 10.0. The molecule has 0 aliphatic rings. The highest BCUT2D eigenvalue weighted by Crippen LogP contribution is 2.29. The number of fused-ring (bicyclic) bond motifs is 1. The van der Waals surface area contributed by atoms with Crippen molar-refractivity contribution in [2.45, 2.75) is 18.2 Å². The Morgan fingerprint density at radius 1 is 1.11 bits per heavy atom. The molecular weight excluding hydrogens is 238 g/mol. The molecule has 0 radical (unpaired) electrons. The van der Waals surface area contributed by atoms with Crippen LogP contribution in [0.5, 0.6) is 0 Å². The van der Waals surface area contributed by atoms with E-state index in [1.54, 1.807) is 0 Å². The van der Waals surface area contributed by atoms with Crippen molar-refractivity contribution >= 4 is 22.5 Å². The van der Waals surface area contributed by atoms with Gasteiger partial charge < -0.3 is 4.90 Å². The van der Waals surface area contributed by atoms with Gasteiger partial charge in [0.1, 0.15) is 0 Å². The summed E-state index contributed by atoms with van der Waals surface area (Å²) in [6.45, 7) is 4.44. The first-order valence-corrected chi connectivity index (χ1v) is 7.72. The van der Waals surface area contributed by atoms with E-state index in [-0.39, 0.29) is 0 Å². The van der Waals surface area contributed by atoms with Gasteiger partial charge in [0, 0.05) is 11.4 Å². The number of benzene rings is 2. The molecule has 0 unspecified atom stereocenters. The average Bonchev–Trinajstić information content (AvgIpc) is 2.43. The Morgan fingerprint density at radius 2 is 1.83 bits per heavy atom. The molecule has 0 heterocycles. The molecule has 18 heavy (non-hydrogen) atoms. The van der Waals surface area contributed by atoms with Gasteiger partial charge in [-0.05, 0) is 48.7 Å². The molecule has 2 rings (SSSR count). The van der Waals surface area contributed by atoms with Crippen LogP contribution in [0.15, 0.2) is 41.3 Å². The van der Waals surface area contributed by atoms with E-state index >= 15 is 0 Å². The standard InChI is InChI=1S/C16H21NS/c1-4-17(2)12-11-14-8-5-7-13-9-6-10-15(18-3)16(13)14/h5-10H,4,11-12H2,1-3H3. The summed E-state index contributed by atoms with van der Waals surface area (Å²) in [7, 11) is 2.18. The van der Waals surface area contributed by atoms with E-state index in [0.717, 1.165) is 19.5 Å². The highest BCUT2D eigenvalue weighted by molar-refractivity contribution is 7.98. The number of hydrogen-bond acceptors (Lipinski definition) is 2. The zero-order valence-corrected chi connectivity index (χ0v) is 12.3. The van der Waals surface area contributed by atoms with E-state index in [0.29, 0.717) is 0 Å². The van der Waals surface area contributed by atoms with Crippen molar-refractivity contribution in [1.82, 2.24) is 4.90 Å². The fourth-order valence-electron chi connectivity index (χ4n) is 2.23. The molecule has 0 saturated heterocycles. The van der Waals surface area contributed by atoms with Gasteiger partial charge in [-0.15, -0.1) is 11.8 Å². The molecule has 2 aromatic rings. The summed E-state index contributed by atoms with van der Waals surface area (Å²) in [5, 5.41) is 2.80. The predicted octanol–water partition coefficient (Wildman–Crippen LogP) is 4.06. The van der Waals surface area contributed by atoms with E-state index in [4.69, 9.17) is 0 Å². The van der Waals surface area contributed by atoms with Crippen molar-refractivity contribution in [2.24, 2.45) is 0 Å². The predicted molar refractivity (Wildman–Crippen MR) is 82.6 cm³/mol. The van der Waals surface area contributed by atoms with Gasteiger partial charge in [0.05, 0.1) is 0 Å². The molecule has 2 aromatic carbocycles. The first-order valence-electron chi connectivity index (χ1n) is 6.49. The van der Waals surface area contributed by atoms with Gasteiger partial charge in [-0.1, -0.05) is 37.3 Å². The molecule has 0 N–H and O–H groups in total. The van der Waals surface area contributed by atoms with Crippen molar-refractivity contribution in [3.63, 3.8) is 0 Å². The summed E-state index contributed by atoms with van der Waals surface area (Å²) in [5.41, 5.74) is 1.47. The Kier molecular flexibility index (Phi) is 4.67. The van der Waals surface area contributed by atoms with Crippen LogP contribution in [-0.4, -0.2) is 31.3 Å². The molecule has 0 aromatic heterocycles. The van der Waals surface area contributed by atoms with Crippen LogP contribution in [0.4, 0.5) is 0 Å². The van der Waals surface area contributed by atoms with E-state index in [9.17, 15) is 0 Å². The van der Waals surface area contributed by atoms with Crippen LogP contribution in [0.3, 0.4) is 0 Å². The van der Waals surface area contributed by atoms with Crippen LogP contribution in [-0.2, 0) is 6.42 Å². The second-order valence-electron chi connectivity index (χ2n) is 4.62. The van der Waals surface area contributed by atoms with E-state index in [1.165, 1.54) is 21.2 Å². The Hall–Kier alpha value is -0.990. The fraction of sp³-hybridized carbons (Fsp3) is 0.375. The third-order valence-corrected chi connectivity index (χ3v) is 4.26. The number of nitrogens with zero attached hydrogens (tertiary/aromatic N) is 1. The van der Waals surface area contributed by atoms with Gasteiger partial charge in [-0.25, -0.2) is 0 Å². The Balaban J connectivity index is 2.37. The summed E-state index contributed by atoms with van der Waals surface area (Å²) < 4.78 is 0. The van der Waals surface area contributed by atoms with Crippen LogP contribution >= 0.6 is 11.8 Å². The molecule has 0 saturated carbocycles. The Bertz CT molecular complexity index is 516. The normalized spacial score (nSPS) is 11.3. The molecule has 96 valence electrons. The van der Waals surface area contributed by atoms with Gasteiger partial charge in [-0.2, -0.15) is 0 Å². The van der Waals surface area contributed by atoms with Crippen LogP contribution in [0.1, 0.15) is 12.5 Å². The maximum Gasteiger partial charge on any atom is 0.0150 e. The Morgan fingerprint density at radius 3 is 2.50 bits per heavy atom. The molecule has 0 amide bonds. The van der Waals surface area contributed by atoms with Crippen LogP contribution in [0.2, 0.25) is 0 Å². The number of rotatable bonds is 5. The second-order valence-corrected chi connectivity index (χ2v) is 5.47. The summed E-state index contributed by atoms with van der Waals surface area (Å²) in [4.78, 5) is 3.75. The van der Waals surface area contributed by atoms with E-state index < -0.39 is 0 Å². The van der Waals surface area contributed by atoms with Crippen LogP contribution < -0.4 is 0 Å². The topological polar surface area (TPSA) is 3.24 Å². The molecule has 1 nitrogen and oxygen atoms in total. The highest BCUT2D eigenvalue weighted by atomic mass is 32.2. The minimum Gasteiger partial charge on any atom is -0.306 e. The first-order chi connectivity index (χ1) is 8.76. The van der Waals surface area contributed by atoms with Gasteiger partial charge in [0.2, 0.25) is 0 Å². The largest absolute Gasteiger partial charge is 0.306 e. The van der Waals surface area contributed by atoms with Gasteiger partial charge in [-0.3, -0.25) is 0 Å². The fourth-order valence-corrected chi connectivity index (χ4v) is 2.90. The second kappa shape index (κ2) is 6.26. The lowest BCUT2D eigenvalue weighted by molar-refractivity contribution is 0.358. The van der Waals surface area contributed by atoms with Gasteiger partial charge in [0.25, 0.3) is 0 Å². The molecule has 0 bridgehead atoms.